The number of aliphatic carboxylic acids is 1. The molecule has 0 aliphatic carbocycles. The van der Waals surface area contributed by atoms with Crippen LogP contribution in [0.25, 0.3) is 44.4 Å². The van der Waals surface area contributed by atoms with Crippen LogP contribution in [0.3, 0.4) is 0 Å². The van der Waals surface area contributed by atoms with E-state index >= 15 is 0 Å². The van der Waals surface area contributed by atoms with Gasteiger partial charge in [0.25, 0.3) is 0 Å². The van der Waals surface area contributed by atoms with Crippen molar-refractivity contribution in [2.45, 2.75) is 23.9 Å². The van der Waals surface area contributed by atoms with Crippen molar-refractivity contribution >= 4 is 44.4 Å². The van der Waals surface area contributed by atoms with Crippen LogP contribution in [0.2, 0.25) is 0 Å². The molecule has 2 N–H and O–H groups in total. The number of aliphatic imine (C=N–C) groups is 1. The van der Waals surface area contributed by atoms with E-state index in [9.17, 15) is 34.7 Å². The quantitative estimate of drug-likeness (QED) is 0.0628. The molecule has 5 aromatic heterocycles. The number of alkyl halides is 4. The molecule has 0 atom stereocenters. The fraction of sp³-hybridized carbons (Fsp3) is 0.197. The number of pyridine rings is 2. The third kappa shape index (κ3) is 11.4. The molecule has 428 valence electrons. The Morgan fingerprint density at radius 3 is 1.70 bits per heavy atom. The molecular weight excluding hydrogens is 1110 g/mol. The van der Waals surface area contributed by atoms with Crippen LogP contribution in [0, 0.1) is 0 Å². The monoisotopic (exact) mass is 1160 g/mol. The van der Waals surface area contributed by atoms with Crippen LogP contribution in [0.15, 0.2) is 194 Å². The van der Waals surface area contributed by atoms with E-state index in [-0.39, 0.29) is 0 Å². The Labute approximate surface area is 478 Å². The number of fused-ring (bicyclic) bond motifs is 2. The van der Waals surface area contributed by atoms with Gasteiger partial charge in [-0.1, -0.05) is 113 Å². The zero-order chi connectivity index (χ0) is 58.4. The van der Waals surface area contributed by atoms with Crippen LogP contribution in [0.4, 0.5) is 33.1 Å². The Hall–Kier alpha value is -9.45. The lowest BCUT2D eigenvalue weighted by atomic mass is 9.77. The maximum Gasteiger partial charge on any atom is 0.470 e. The van der Waals surface area contributed by atoms with Crippen molar-refractivity contribution in [3.8, 4) is 33.5 Å². The van der Waals surface area contributed by atoms with E-state index in [2.05, 4.69) is 162 Å². The van der Waals surface area contributed by atoms with Gasteiger partial charge in [0.1, 0.15) is 22.9 Å². The molecule has 2 fully saturated rings. The molecule has 23 heteroatoms. The van der Waals surface area contributed by atoms with Crippen LogP contribution in [0.5, 0.6) is 0 Å². The number of morpholine rings is 2. The number of carboxylic acid groups (broad SMARTS) is 1. The Kier molecular flexibility index (Phi) is 16.2. The number of aromatic nitrogens is 8. The first kappa shape index (κ1) is 56.4. The number of hydrogen-bond acceptors (Lipinski definition) is 13. The van der Waals surface area contributed by atoms with Gasteiger partial charge < -0.3 is 24.4 Å². The van der Waals surface area contributed by atoms with E-state index in [0.717, 1.165) is 116 Å². The molecule has 84 heavy (non-hydrogen) atoms. The van der Waals surface area contributed by atoms with Crippen molar-refractivity contribution in [3.63, 3.8) is 0 Å². The number of hydrogen-bond donors (Lipinski definition) is 2. The molecule has 0 spiro atoms. The van der Waals surface area contributed by atoms with Gasteiger partial charge in [-0.15, -0.1) is 0 Å². The zero-order valence-electron chi connectivity index (χ0n) is 44.6. The largest absolute Gasteiger partial charge is 0.476 e. The number of carbonyl (C=O) groups is 1. The molecule has 2 saturated heterocycles. The summed E-state index contributed by atoms with van der Waals surface area (Å²) < 4.78 is 92.5. The minimum Gasteiger partial charge on any atom is -0.476 e. The molecule has 13 rings (SSSR count). The highest BCUT2D eigenvalue weighted by molar-refractivity contribution is 7.88. The Bertz CT molecular complexity index is 3970. The van der Waals surface area contributed by atoms with Gasteiger partial charge in [-0.2, -0.15) is 41.3 Å². The van der Waals surface area contributed by atoms with Crippen molar-refractivity contribution < 1.29 is 49.2 Å². The lowest BCUT2D eigenvalue weighted by Crippen LogP contribution is -2.38. The lowest BCUT2D eigenvalue weighted by Gasteiger charge is -2.37. The van der Waals surface area contributed by atoms with Crippen LogP contribution < -0.4 is 9.80 Å². The van der Waals surface area contributed by atoms with E-state index < -0.39 is 33.5 Å². The molecule has 3 aliphatic heterocycles. The lowest BCUT2D eigenvalue weighted by molar-refractivity contribution is -0.154. The maximum atomic E-state index is 12.9. The summed E-state index contributed by atoms with van der Waals surface area (Å²) in [4.78, 5) is 27.8. The third-order valence-electron chi connectivity index (χ3n) is 14.6. The predicted octanol–water partition coefficient (Wildman–Crippen LogP) is 10.7. The van der Waals surface area contributed by atoms with E-state index in [1.807, 2.05) is 42.9 Å². The Morgan fingerprint density at radius 1 is 0.643 bits per heavy atom. The summed E-state index contributed by atoms with van der Waals surface area (Å²) >= 11 is 0. The van der Waals surface area contributed by atoms with Gasteiger partial charge in [0, 0.05) is 84.2 Å². The topological polar surface area (TPSA) is 199 Å². The van der Waals surface area contributed by atoms with Gasteiger partial charge in [-0.05, 0) is 75.8 Å². The normalized spacial score (nSPS) is 14.5. The van der Waals surface area contributed by atoms with E-state index in [4.69, 9.17) is 29.7 Å². The van der Waals surface area contributed by atoms with Crippen molar-refractivity contribution in [1.29, 1.82) is 0 Å². The fourth-order valence-electron chi connectivity index (χ4n) is 10.5. The number of ether oxygens (including phenoxy) is 2. The summed E-state index contributed by atoms with van der Waals surface area (Å²) in [6, 6.07) is 52.8. The minimum absolute atomic E-state index is 0.608. The van der Waals surface area contributed by atoms with Gasteiger partial charge in [0.15, 0.2) is 0 Å². The zero-order valence-corrected chi connectivity index (χ0v) is 45.4. The third-order valence-corrected chi connectivity index (χ3v) is 15.4. The van der Waals surface area contributed by atoms with E-state index in [0.29, 0.717) is 43.2 Å². The van der Waals surface area contributed by atoms with Crippen molar-refractivity contribution in [2.24, 2.45) is 4.99 Å². The summed E-state index contributed by atoms with van der Waals surface area (Å²) in [5, 5.41) is 19.6. The summed E-state index contributed by atoms with van der Waals surface area (Å²) in [5.74, 6) is -1.18. The highest BCUT2D eigenvalue weighted by Crippen LogP contribution is 2.45. The molecule has 0 saturated carbocycles. The summed E-state index contributed by atoms with van der Waals surface area (Å²) in [7, 11) is -6.33. The number of rotatable bonds is 13. The summed E-state index contributed by atoms with van der Waals surface area (Å²) in [6.45, 7) is 4.02. The first-order chi connectivity index (χ1) is 40.7. The molecule has 0 amide bonds. The first-order valence-corrected chi connectivity index (χ1v) is 27.9. The standard InChI is InChI=1S/C38H32N6O.C21H19F2N5O.C2HF3O4S/c1-4-10-31(11-5-1)38(32-12-6-2-7-13-32,33-14-8-3-9-15-33)44-35-17-16-28(30-26-40-41-27-30)24-34(35)37(42-44)29-18-19-39-36(25-29)43-20-22-45-23-21-43;22-21(23)28-13-17(12-26-28)14-1-2-16-11-25-20(18(16)9-14)15-3-4-24-19(10-15)27-5-7-29-8-6-27;3-2(4,1(6)7)10(5,8)9/h1-19,24-27H,20-23H2,(H,40,41);1-4,9-10,12-13,21H,5-8,11H2;(H,6,7). The number of aromatic amines is 1. The average Bonchev–Trinajstić information content (AvgIpc) is 1.59. The summed E-state index contributed by atoms with van der Waals surface area (Å²) in [6.07, 6.45) is 10.3. The molecule has 10 aromatic rings. The molecule has 8 heterocycles. The molecule has 5 aromatic carbocycles. The second-order valence-electron chi connectivity index (χ2n) is 19.6. The average molecular weight is 1160 g/mol. The van der Waals surface area contributed by atoms with Crippen molar-refractivity contribution in [2.75, 3.05) is 62.4 Å². The maximum absolute atomic E-state index is 12.9. The van der Waals surface area contributed by atoms with Crippen LogP contribution >= 0.6 is 0 Å². The first-order valence-electron chi connectivity index (χ1n) is 26.5. The number of carboxylic acids is 1. The smallest absolute Gasteiger partial charge is 0.470 e. The van der Waals surface area contributed by atoms with Crippen LogP contribution in [-0.4, -0.2) is 123 Å². The number of nitrogens with one attached hydrogen (secondary N) is 1. The van der Waals surface area contributed by atoms with Crippen LogP contribution in [0.1, 0.15) is 39.9 Å². The molecule has 17 nitrogen and oxygen atoms in total. The number of halogens is 5. The number of anilines is 2. The number of H-pyrrole nitrogens is 1. The minimum atomic E-state index is -6.33. The van der Waals surface area contributed by atoms with Gasteiger partial charge in [0.05, 0.1) is 56.6 Å². The second kappa shape index (κ2) is 24.2. The highest BCUT2D eigenvalue weighted by Gasteiger charge is 2.54. The van der Waals surface area contributed by atoms with E-state index in [1.54, 1.807) is 6.20 Å². The second-order valence-corrected chi connectivity index (χ2v) is 21.0. The van der Waals surface area contributed by atoms with Crippen molar-refractivity contribution in [1.82, 2.24) is 39.7 Å². The van der Waals surface area contributed by atoms with Gasteiger partial charge >= 0.3 is 28.0 Å². The van der Waals surface area contributed by atoms with E-state index in [1.165, 1.54) is 12.4 Å². The van der Waals surface area contributed by atoms with Gasteiger partial charge in [0.2, 0.25) is 0 Å². The van der Waals surface area contributed by atoms with Crippen molar-refractivity contribution in [3.05, 3.63) is 222 Å². The van der Waals surface area contributed by atoms with Gasteiger partial charge in [-0.3, -0.25) is 10.1 Å². The Balaban J connectivity index is 0.000000161. The molecule has 0 radical (unpaired) electrons. The highest BCUT2D eigenvalue weighted by atomic mass is 32.3. The molecule has 3 aliphatic rings. The Morgan fingerprint density at radius 2 is 1.19 bits per heavy atom. The molecular formula is C61H52F5N11O6S. The number of nitrogens with zero attached hydrogens (tertiary/aromatic N) is 10. The predicted molar refractivity (Wildman–Crippen MR) is 306 cm³/mol. The molecule has 0 bridgehead atoms. The summed E-state index contributed by atoms with van der Waals surface area (Å²) in [5.41, 5.74) is 13.2. The molecule has 0 unspecified atom stereocenters. The fourth-order valence-corrected chi connectivity index (χ4v) is 10.7. The number of benzene rings is 5. The van der Waals surface area contributed by atoms with Gasteiger partial charge in [-0.25, -0.2) is 24.1 Å². The van der Waals surface area contributed by atoms with Crippen LogP contribution in [-0.2, 0) is 36.6 Å². The SMILES string of the molecule is FC(F)n1cc(-c2ccc3c(c2)C(c2ccnc(N4CCOCC4)c2)=NC3)cn1.O=C(O)C(F)(F)S(=O)(=O)F.c1ccc(C(c2ccccc2)(c2ccccc2)n2nc(-c3ccnc(N4CCOCC4)c3)c3cc(-c4cn[nH]c4)ccc32)cc1.